The van der Waals surface area contributed by atoms with Gasteiger partial charge in [-0.25, -0.2) is 4.98 Å². The summed E-state index contributed by atoms with van der Waals surface area (Å²) in [6.45, 7) is 9.83. The predicted molar refractivity (Wildman–Crippen MR) is 136 cm³/mol. The number of ether oxygens (including phenoxy) is 1. The lowest BCUT2D eigenvalue weighted by Crippen LogP contribution is -2.44. The van der Waals surface area contributed by atoms with E-state index in [0.29, 0.717) is 19.1 Å². The molecule has 36 heavy (non-hydrogen) atoms. The molecule has 3 aromatic heterocycles. The average molecular weight is 487 g/mol. The molecule has 9 heteroatoms. The van der Waals surface area contributed by atoms with Gasteiger partial charge in [-0.15, -0.1) is 0 Å². The van der Waals surface area contributed by atoms with Crippen LogP contribution in [-0.2, 0) is 4.79 Å². The summed E-state index contributed by atoms with van der Waals surface area (Å²) in [6.07, 6.45) is 2.62. The standard InChI is InChI=1S/C27H30N6O3/c1-15(2)32(26(34)18-10-12-28-13-18)27-30-21-9-8-19(23-16(3)31-36-17(23)4)25-24(21)33(27)22(14-35-25)20-7-5-6-11-29-20/h5-9,11,15,18,22,28H,10,12-14H2,1-4H3/t18-,22-/m1/s1. The number of carbonyl (C=O) groups is 1. The number of aryl methyl sites for hydroxylation is 2. The number of amides is 1. The molecule has 9 nitrogen and oxygen atoms in total. The molecule has 0 radical (unpaired) electrons. The van der Waals surface area contributed by atoms with Gasteiger partial charge in [0.2, 0.25) is 11.9 Å². The van der Waals surface area contributed by atoms with Crippen molar-refractivity contribution in [3.63, 3.8) is 0 Å². The first-order chi connectivity index (χ1) is 17.5. The topological polar surface area (TPSA) is 98.3 Å². The third-order valence-corrected chi connectivity index (χ3v) is 7.19. The van der Waals surface area contributed by atoms with Gasteiger partial charge in [-0.1, -0.05) is 11.2 Å². The number of nitrogens with one attached hydrogen (secondary N) is 1. The third kappa shape index (κ3) is 3.49. The number of pyridine rings is 1. The largest absolute Gasteiger partial charge is 0.488 e. The maximum atomic E-state index is 13.8. The Morgan fingerprint density at radius 3 is 2.75 bits per heavy atom. The number of benzene rings is 1. The first-order valence-electron chi connectivity index (χ1n) is 12.5. The fourth-order valence-electron chi connectivity index (χ4n) is 5.49. The molecule has 186 valence electrons. The maximum Gasteiger partial charge on any atom is 0.233 e. The quantitative estimate of drug-likeness (QED) is 0.455. The SMILES string of the molecule is Cc1noc(C)c1-c1ccc2nc(N(C(=O)[C@@H]3CCNC3)C(C)C)n3c2c1OC[C@@H]3c1ccccn1. The van der Waals surface area contributed by atoms with E-state index in [1.54, 1.807) is 6.20 Å². The highest BCUT2D eigenvalue weighted by Crippen LogP contribution is 2.46. The number of hydrogen-bond donors (Lipinski definition) is 1. The number of hydrogen-bond acceptors (Lipinski definition) is 7. The zero-order valence-electron chi connectivity index (χ0n) is 21.0. The third-order valence-electron chi connectivity index (χ3n) is 7.19. The van der Waals surface area contributed by atoms with E-state index < -0.39 is 0 Å². The summed E-state index contributed by atoms with van der Waals surface area (Å²) in [7, 11) is 0. The van der Waals surface area contributed by atoms with Gasteiger partial charge < -0.3 is 14.6 Å². The van der Waals surface area contributed by atoms with E-state index in [4.69, 9.17) is 14.2 Å². The van der Waals surface area contributed by atoms with E-state index in [1.807, 2.05) is 62.9 Å². The van der Waals surface area contributed by atoms with Crippen molar-refractivity contribution in [3.8, 4) is 16.9 Å². The van der Waals surface area contributed by atoms with Crippen LogP contribution < -0.4 is 15.0 Å². The van der Waals surface area contributed by atoms with Crippen molar-refractivity contribution in [1.82, 2.24) is 25.0 Å². The van der Waals surface area contributed by atoms with Crippen LogP contribution in [0.5, 0.6) is 5.75 Å². The van der Waals surface area contributed by atoms with Gasteiger partial charge in [0.25, 0.3) is 0 Å². The normalized spacial score (nSPS) is 19.1. The number of rotatable bonds is 5. The molecule has 0 spiro atoms. The van der Waals surface area contributed by atoms with E-state index >= 15 is 0 Å². The smallest absolute Gasteiger partial charge is 0.233 e. The second-order valence-electron chi connectivity index (χ2n) is 9.86. The van der Waals surface area contributed by atoms with Crippen LogP contribution in [0.25, 0.3) is 22.2 Å². The molecule has 1 saturated heterocycles. The number of anilines is 1. The Hall–Kier alpha value is -3.72. The minimum atomic E-state index is -0.227. The summed E-state index contributed by atoms with van der Waals surface area (Å²) in [4.78, 5) is 25.3. The van der Waals surface area contributed by atoms with Crippen LogP contribution in [0, 0.1) is 19.8 Å². The molecular weight excluding hydrogens is 456 g/mol. The molecule has 4 aromatic rings. The summed E-state index contributed by atoms with van der Waals surface area (Å²) in [5, 5.41) is 7.48. The van der Waals surface area contributed by atoms with Crippen molar-refractivity contribution >= 4 is 22.9 Å². The van der Waals surface area contributed by atoms with E-state index in [2.05, 4.69) is 20.0 Å². The Labute approximate surface area is 209 Å². The van der Waals surface area contributed by atoms with Gasteiger partial charge in [-0.05, 0) is 64.9 Å². The zero-order valence-corrected chi connectivity index (χ0v) is 21.0. The molecule has 0 saturated carbocycles. The lowest BCUT2D eigenvalue weighted by atomic mass is 10.0. The fourth-order valence-corrected chi connectivity index (χ4v) is 5.49. The van der Waals surface area contributed by atoms with Gasteiger partial charge in [-0.3, -0.25) is 19.2 Å². The van der Waals surface area contributed by atoms with Crippen molar-refractivity contribution in [3.05, 3.63) is 53.7 Å². The van der Waals surface area contributed by atoms with Crippen LogP contribution in [0.15, 0.2) is 41.1 Å². The molecule has 2 aliphatic rings. The van der Waals surface area contributed by atoms with Gasteiger partial charge in [0.1, 0.15) is 23.9 Å². The minimum Gasteiger partial charge on any atom is -0.488 e. The van der Waals surface area contributed by atoms with Crippen molar-refractivity contribution in [2.24, 2.45) is 5.92 Å². The van der Waals surface area contributed by atoms with Crippen LogP contribution in [-0.4, -0.2) is 51.3 Å². The van der Waals surface area contributed by atoms with Crippen LogP contribution in [0.2, 0.25) is 0 Å². The van der Waals surface area contributed by atoms with E-state index in [-0.39, 0.29) is 23.9 Å². The number of imidazole rings is 1. The van der Waals surface area contributed by atoms with Crippen molar-refractivity contribution in [2.75, 3.05) is 24.6 Å². The summed E-state index contributed by atoms with van der Waals surface area (Å²) in [6, 6.07) is 9.58. The Balaban J connectivity index is 1.61. The summed E-state index contributed by atoms with van der Waals surface area (Å²) in [5.74, 6) is 2.13. The second kappa shape index (κ2) is 8.74. The van der Waals surface area contributed by atoms with Gasteiger partial charge in [0.15, 0.2) is 5.75 Å². The summed E-state index contributed by atoms with van der Waals surface area (Å²) < 4.78 is 14.1. The Bertz CT molecular complexity index is 1420. The minimum absolute atomic E-state index is 0.0644. The zero-order chi connectivity index (χ0) is 25.0. The predicted octanol–water partition coefficient (Wildman–Crippen LogP) is 4.04. The van der Waals surface area contributed by atoms with Crippen LogP contribution in [0.4, 0.5) is 5.95 Å². The molecule has 6 rings (SSSR count). The Morgan fingerprint density at radius 1 is 1.22 bits per heavy atom. The average Bonchev–Trinajstić information content (AvgIpc) is 3.62. The van der Waals surface area contributed by atoms with E-state index in [0.717, 1.165) is 58.0 Å². The second-order valence-corrected chi connectivity index (χ2v) is 9.86. The summed E-state index contributed by atoms with van der Waals surface area (Å²) in [5.41, 5.74) is 5.13. The number of carbonyl (C=O) groups excluding carboxylic acids is 1. The van der Waals surface area contributed by atoms with Gasteiger partial charge >= 0.3 is 0 Å². The highest BCUT2D eigenvalue weighted by Gasteiger charge is 2.37. The monoisotopic (exact) mass is 486 g/mol. The molecule has 1 fully saturated rings. The van der Waals surface area contributed by atoms with Crippen LogP contribution in [0.1, 0.15) is 43.5 Å². The molecule has 0 aliphatic carbocycles. The van der Waals surface area contributed by atoms with Gasteiger partial charge in [0.05, 0.1) is 28.4 Å². The van der Waals surface area contributed by atoms with E-state index in [9.17, 15) is 4.79 Å². The summed E-state index contributed by atoms with van der Waals surface area (Å²) >= 11 is 0. The number of aromatic nitrogens is 4. The first-order valence-corrected chi connectivity index (χ1v) is 12.5. The lowest BCUT2D eigenvalue weighted by molar-refractivity contribution is -0.122. The molecule has 0 unspecified atom stereocenters. The van der Waals surface area contributed by atoms with E-state index in [1.165, 1.54) is 0 Å². The van der Waals surface area contributed by atoms with Crippen molar-refractivity contribution in [2.45, 2.75) is 46.2 Å². The first kappa shape index (κ1) is 22.7. The molecule has 1 aromatic carbocycles. The van der Waals surface area contributed by atoms with Crippen molar-refractivity contribution < 1.29 is 14.1 Å². The highest BCUT2D eigenvalue weighted by molar-refractivity contribution is 5.99. The van der Waals surface area contributed by atoms with Gasteiger partial charge in [0, 0.05) is 24.3 Å². The molecule has 0 bridgehead atoms. The van der Waals surface area contributed by atoms with Gasteiger partial charge in [-0.2, -0.15) is 0 Å². The maximum absolute atomic E-state index is 13.8. The fraction of sp³-hybridized carbons (Fsp3) is 0.407. The molecule has 1 N–H and O–H groups in total. The highest BCUT2D eigenvalue weighted by atomic mass is 16.5. The Morgan fingerprint density at radius 2 is 2.08 bits per heavy atom. The molecule has 5 heterocycles. The Kier molecular flexibility index (Phi) is 5.52. The molecule has 2 atom stereocenters. The van der Waals surface area contributed by atoms with Crippen LogP contribution >= 0.6 is 0 Å². The number of nitrogens with zero attached hydrogens (tertiary/aromatic N) is 5. The molecular formula is C27H30N6O3. The molecule has 1 amide bonds. The molecule has 2 aliphatic heterocycles. The van der Waals surface area contributed by atoms with Crippen LogP contribution in [0.3, 0.4) is 0 Å². The van der Waals surface area contributed by atoms with Crippen molar-refractivity contribution in [1.29, 1.82) is 0 Å². The lowest BCUT2D eigenvalue weighted by Gasteiger charge is -2.33.